The molecule has 6 rings (SSSR count). The Morgan fingerprint density at radius 1 is 1.11 bits per heavy atom. The number of fused-ring (bicyclic) bond motifs is 1. The Morgan fingerprint density at radius 2 is 1.92 bits per heavy atom. The molecular formula is C41H54FN7O4. The topological polar surface area (TPSA) is 155 Å². The SMILES string of the molecule is CC(C)CCOC(C)(C)CN.N#Cc1ccc(COc2cccc(C3CCCN(Cc4nc5ccc(C(N)=O)cc5n4CC4CCO4)CC3)n2)c(F)c1. The highest BCUT2D eigenvalue weighted by Crippen LogP contribution is 2.30. The second-order valence-corrected chi connectivity index (χ2v) is 15.0. The average molecular weight is 728 g/mol. The first-order chi connectivity index (χ1) is 25.4. The maximum atomic E-state index is 14.3. The number of hydrogen-bond donors (Lipinski definition) is 2. The highest BCUT2D eigenvalue weighted by molar-refractivity contribution is 5.96. The number of aromatic nitrogens is 3. The number of nitrogens with zero attached hydrogens (tertiary/aromatic N) is 5. The number of halogens is 1. The van der Waals surface area contributed by atoms with Crippen LogP contribution in [-0.2, 0) is 29.2 Å². The van der Waals surface area contributed by atoms with E-state index in [-0.39, 0.29) is 29.8 Å². The fraction of sp³-hybridized carbons (Fsp3) is 0.512. The van der Waals surface area contributed by atoms with Crippen molar-refractivity contribution in [2.75, 3.05) is 32.8 Å². The molecule has 284 valence electrons. The number of pyridine rings is 1. The molecule has 2 aliphatic rings. The highest BCUT2D eigenvalue weighted by Gasteiger charge is 2.25. The van der Waals surface area contributed by atoms with Crippen molar-refractivity contribution in [2.45, 2.75) is 97.1 Å². The van der Waals surface area contributed by atoms with Crippen LogP contribution >= 0.6 is 0 Å². The molecule has 2 saturated heterocycles. The molecule has 0 radical (unpaired) electrons. The first-order valence-electron chi connectivity index (χ1n) is 18.7. The van der Waals surface area contributed by atoms with Gasteiger partial charge in [0.1, 0.15) is 18.2 Å². The van der Waals surface area contributed by atoms with Gasteiger partial charge in [-0.2, -0.15) is 5.26 Å². The van der Waals surface area contributed by atoms with E-state index in [9.17, 15) is 9.18 Å². The molecule has 53 heavy (non-hydrogen) atoms. The fourth-order valence-electron chi connectivity index (χ4n) is 6.35. The van der Waals surface area contributed by atoms with Gasteiger partial charge in [-0.1, -0.05) is 26.0 Å². The predicted octanol–water partition coefficient (Wildman–Crippen LogP) is 6.46. The molecule has 2 fully saturated rings. The minimum atomic E-state index is -0.462. The Hall–Kier alpha value is -4.41. The molecule has 2 aromatic heterocycles. The number of likely N-dealkylation sites (tertiary alicyclic amines) is 1. The Kier molecular flexibility index (Phi) is 13.9. The van der Waals surface area contributed by atoms with E-state index >= 15 is 0 Å². The number of imidazole rings is 1. The van der Waals surface area contributed by atoms with E-state index in [1.165, 1.54) is 6.07 Å². The van der Waals surface area contributed by atoms with Crippen LogP contribution < -0.4 is 16.2 Å². The number of rotatable bonds is 14. The van der Waals surface area contributed by atoms with Gasteiger partial charge in [0.05, 0.1) is 47.5 Å². The summed E-state index contributed by atoms with van der Waals surface area (Å²) in [5.74, 6) is 1.50. The molecule has 4 heterocycles. The fourth-order valence-corrected chi connectivity index (χ4v) is 6.35. The summed E-state index contributed by atoms with van der Waals surface area (Å²) in [4.78, 5) is 24.0. The molecule has 1 amide bonds. The lowest BCUT2D eigenvalue weighted by Crippen LogP contribution is -2.34. The number of hydrogen-bond acceptors (Lipinski definition) is 9. The number of ether oxygens (including phenoxy) is 3. The maximum absolute atomic E-state index is 14.3. The van der Waals surface area contributed by atoms with Gasteiger partial charge < -0.3 is 30.2 Å². The largest absolute Gasteiger partial charge is 0.473 e. The maximum Gasteiger partial charge on any atom is 0.248 e. The molecule has 2 unspecified atom stereocenters. The Morgan fingerprint density at radius 3 is 2.60 bits per heavy atom. The molecule has 4 aromatic rings. The molecular weight excluding hydrogens is 673 g/mol. The number of carbonyl (C=O) groups is 1. The molecule has 4 N–H and O–H groups in total. The number of benzene rings is 2. The first-order valence-corrected chi connectivity index (χ1v) is 18.7. The van der Waals surface area contributed by atoms with Crippen molar-refractivity contribution in [3.8, 4) is 11.9 Å². The number of carbonyl (C=O) groups excluding carboxylic acids is 1. The standard InChI is InChI=1S/C32H33FN6O3.C9H21NO/c33-26-15-21(17-34)6-7-24(26)20-42-31-5-1-4-27(37-31)22-3-2-12-38(13-10-22)19-30-36-28-9-8-23(32(35)40)16-29(28)39(30)18-25-11-14-41-25;1-8(2)5-6-11-9(3,4)7-10/h1,4-9,15-16,22,25H,2-3,10-14,18-20H2,(H2,35,40);8H,5-7,10H2,1-4H3. The van der Waals surface area contributed by atoms with E-state index in [1.54, 1.807) is 24.3 Å². The molecule has 2 aromatic carbocycles. The predicted molar refractivity (Wildman–Crippen MR) is 203 cm³/mol. The minimum absolute atomic E-state index is 0.0419. The average Bonchev–Trinajstić information content (AvgIpc) is 3.27. The summed E-state index contributed by atoms with van der Waals surface area (Å²) in [6.07, 6.45) is 5.25. The van der Waals surface area contributed by atoms with Gasteiger partial charge in [0, 0.05) is 48.6 Å². The summed E-state index contributed by atoms with van der Waals surface area (Å²) < 4.78 is 33.6. The third-order valence-electron chi connectivity index (χ3n) is 9.88. The lowest BCUT2D eigenvalue weighted by atomic mass is 9.96. The van der Waals surface area contributed by atoms with Crippen molar-refractivity contribution < 1.29 is 23.4 Å². The third kappa shape index (κ3) is 11.3. The lowest BCUT2D eigenvalue weighted by Gasteiger charge is -2.28. The van der Waals surface area contributed by atoms with Crippen LogP contribution in [0.5, 0.6) is 5.88 Å². The van der Waals surface area contributed by atoms with Crippen LogP contribution in [0.1, 0.15) is 98.7 Å². The smallest absolute Gasteiger partial charge is 0.248 e. The normalized spacial score (nSPS) is 17.8. The summed E-state index contributed by atoms with van der Waals surface area (Å²) in [7, 11) is 0. The molecule has 2 atom stereocenters. The van der Waals surface area contributed by atoms with Gasteiger partial charge in [-0.05, 0) is 101 Å². The zero-order valence-electron chi connectivity index (χ0n) is 31.5. The van der Waals surface area contributed by atoms with Crippen LogP contribution in [0.3, 0.4) is 0 Å². The van der Waals surface area contributed by atoms with Crippen molar-refractivity contribution >= 4 is 16.9 Å². The van der Waals surface area contributed by atoms with Crippen LogP contribution in [0.15, 0.2) is 54.6 Å². The molecule has 2 aliphatic heterocycles. The van der Waals surface area contributed by atoms with Gasteiger partial charge in [0.25, 0.3) is 0 Å². The van der Waals surface area contributed by atoms with Crippen LogP contribution in [0, 0.1) is 23.1 Å². The van der Waals surface area contributed by atoms with Crippen molar-refractivity contribution in [1.29, 1.82) is 5.26 Å². The second-order valence-electron chi connectivity index (χ2n) is 15.0. The van der Waals surface area contributed by atoms with Crippen molar-refractivity contribution in [3.63, 3.8) is 0 Å². The summed E-state index contributed by atoms with van der Waals surface area (Å²) in [5, 5.41) is 8.95. The number of primary amides is 1. The van der Waals surface area contributed by atoms with E-state index in [4.69, 9.17) is 40.9 Å². The molecule has 0 bridgehead atoms. The lowest BCUT2D eigenvalue weighted by molar-refractivity contribution is -0.0592. The Balaban J connectivity index is 0.000000429. The summed E-state index contributed by atoms with van der Waals surface area (Å²) in [6.45, 7) is 13.9. The summed E-state index contributed by atoms with van der Waals surface area (Å²) >= 11 is 0. The molecule has 12 heteroatoms. The first kappa shape index (κ1) is 39.8. The zero-order valence-corrected chi connectivity index (χ0v) is 31.5. The van der Waals surface area contributed by atoms with E-state index in [0.29, 0.717) is 42.6 Å². The Labute approximate surface area is 312 Å². The van der Waals surface area contributed by atoms with Gasteiger partial charge >= 0.3 is 0 Å². The van der Waals surface area contributed by atoms with Crippen LogP contribution in [0.2, 0.25) is 0 Å². The summed E-state index contributed by atoms with van der Waals surface area (Å²) in [5.41, 5.74) is 14.8. The van der Waals surface area contributed by atoms with Crippen LogP contribution in [-0.4, -0.2) is 69.9 Å². The molecule has 0 aliphatic carbocycles. The van der Waals surface area contributed by atoms with E-state index in [1.807, 2.05) is 44.2 Å². The minimum Gasteiger partial charge on any atom is -0.473 e. The second kappa shape index (κ2) is 18.6. The number of nitriles is 1. The van der Waals surface area contributed by atoms with E-state index < -0.39 is 11.7 Å². The third-order valence-corrected chi connectivity index (χ3v) is 9.88. The van der Waals surface area contributed by atoms with Gasteiger partial charge in [0.15, 0.2) is 0 Å². The number of nitrogens with two attached hydrogens (primary N) is 2. The Bertz CT molecular complexity index is 1870. The van der Waals surface area contributed by atoms with Crippen LogP contribution in [0.4, 0.5) is 4.39 Å². The molecule has 0 saturated carbocycles. The molecule has 0 spiro atoms. The molecule has 11 nitrogen and oxygen atoms in total. The monoisotopic (exact) mass is 727 g/mol. The van der Waals surface area contributed by atoms with Crippen molar-refractivity contribution in [1.82, 2.24) is 19.4 Å². The van der Waals surface area contributed by atoms with Crippen LogP contribution in [0.25, 0.3) is 11.0 Å². The van der Waals surface area contributed by atoms with Crippen molar-refractivity contribution in [2.24, 2.45) is 17.4 Å². The van der Waals surface area contributed by atoms with Crippen molar-refractivity contribution in [3.05, 3.63) is 88.6 Å². The van der Waals surface area contributed by atoms with Gasteiger partial charge in [-0.3, -0.25) is 9.69 Å². The highest BCUT2D eigenvalue weighted by atomic mass is 19.1. The van der Waals surface area contributed by atoms with E-state index in [2.05, 4.69) is 23.3 Å². The van der Waals surface area contributed by atoms with E-state index in [0.717, 1.165) is 81.0 Å². The zero-order chi connectivity index (χ0) is 38.0. The number of amides is 1. The van der Waals surface area contributed by atoms with Gasteiger partial charge in [-0.25, -0.2) is 14.4 Å². The van der Waals surface area contributed by atoms with Gasteiger partial charge in [-0.15, -0.1) is 0 Å². The van der Waals surface area contributed by atoms with Gasteiger partial charge in [0.2, 0.25) is 11.8 Å². The quantitative estimate of drug-likeness (QED) is 0.149. The summed E-state index contributed by atoms with van der Waals surface area (Å²) in [6, 6.07) is 17.5.